The molecule has 0 radical (unpaired) electrons. The van der Waals surface area contributed by atoms with E-state index >= 15 is 0 Å². The highest BCUT2D eigenvalue weighted by Crippen LogP contribution is 2.25. The van der Waals surface area contributed by atoms with Gasteiger partial charge in [-0.25, -0.2) is 4.98 Å². The number of hydrogen-bond acceptors (Lipinski definition) is 4. The Bertz CT molecular complexity index is 586. The van der Waals surface area contributed by atoms with Crippen molar-refractivity contribution in [1.82, 2.24) is 14.5 Å². The van der Waals surface area contributed by atoms with Crippen molar-refractivity contribution in [2.24, 2.45) is 0 Å². The zero-order valence-electron chi connectivity index (χ0n) is 12.3. The Balaban J connectivity index is 2.46. The van der Waals surface area contributed by atoms with E-state index in [1.807, 2.05) is 18.2 Å². The minimum absolute atomic E-state index is 0.00166. The second kappa shape index (κ2) is 4.74. The molecule has 0 unspecified atom stereocenters. The van der Waals surface area contributed by atoms with Gasteiger partial charge in [0.2, 0.25) is 5.95 Å². The number of imidazole rings is 1. The second-order valence-electron chi connectivity index (χ2n) is 5.62. The van der Waals surface area contributed by atoms with Crippen LogP contribution in [0.3, 0.4) is 0 Å². The maximum absolute atomic E-state index is 6.04. The molecule has 1 aromatic carbocycles. The van der Waals surface area contributed by atoms with E-state index in [1.165, 1.54) is 0 Å². The van der Waals surface area contributed by atoms with Crippen LogP contribution in [-0.4, -0.2) is 41.2 Å². The van der Waals surface area contributed by atoms with Gasteiger partial charge in [-0.15, -0.1) is 0 Å². The normalized spacial score (nSPS) is 12.3. The van der Waals surface area contributed by atoms with Crippen molar-refractivity contribution in [2.45, 2.75) is 25.9 Å². The number of ether oxygens (including phenoxy) is 1. The van der Waals surface area contributed by atoms with E-state index in [0.29, 0.717) is 5.95 Å². The molecule has 2 aromatic rings. The van der Waals surface area contributed by atoms with E-state index in [9.17, 15) is 0 Å². The molecule has 0 atom stereocenters. The summed E-state index contributed by atoms with van der Waals surface area (Å²) in [5.41, 5.74) is 7.95. The van der Waals surface area contributed by atoms with Gasteiger partial charge in [0, 0.05) is 18.2 Å². The Kier molecular flexibility index (Phi) is 3.41. The van der Waals surface area contributed by atoms with Gasteiger partial charge in [-0.3, -0.25) is 0 Å². The number of benzene rings is 1. The molecule has 0 aliphatic heterocycles. The van der Waals surface area contributed by atoms with Crippen LogP contribution in [0.5, 0.6) is 5.75 Å². The molecule has 2 N–H and O–H groups in total. The van der Waals surface area contributed by atoms with Crippen molar-refractivity contribution in [1.29, 1.82) is 0 Å². The SMILES string of the molecule is COc1ccc2c(c1)nc(N)n2CC(C)(C)N(C)C. The van der Waals surface area contributed by atoms with Gasteiger partial charge < -0.3 is 19.9 Å². The molecule has 1 heterocycles. The first kappa shape index (κ1) is 13.7. The van der Waals surface area contributed by atoms with Gasteiger partial charge in [0.05, 0.1) is 18.1 Å². The molecule has 0 fully saturated rings. The van der Waals surface area contributed by atoms with Crippen LogP contribution in [0.1, 0.15) is 13.8 Å². The number of anilines is 1. The maximum atomic E-state index is 6.04. The number of fused-ring (bicyclic) bond motifs is 1. The summed E-state index contributed by atoms with van der Waals surface area (Å²) >= 11 is 0. The van der Waals surface area contributed by atoms with Crippen LogP contribution in [0.15, 0.2) is 18.2 Å². The Morgan fingerprint density at radius 1 is 1.37 bits per heavy atom. The lowest BCUT2D eigenvalue weighted by molar-refractivity contribution is 0.172. The lowest BCUT2D eigenvalue weighted by Crippen LogP contribution is -2.42. The predicted octanol–water partition coefficient (Wildman–Crippen LogP) is 1.97. The molecule has 5 nitrogen and oxygen atoms in total. The summed E-state index contributed by atoms with van der Waals surface area (Å²) in [6, 6.07) is 5.84. The van der Waals surface area contributed by atoms with Gasteiger partial charge >= 0.3 is 0 Å². The Morgan fingerprint density at radius 2 is 2.05 bits per heavy atom. The molecule has 1 aromatic heterocycles. The molecule has 0 saturated carbocycles. The zero-order valence-corrected chi connectivity index (χ0v) is 12.3. The van der Waals surface area contributed by atoms with Crippen molar-refractivity contribution in [2.75, 3.05) is 26.9 Å². The Morgan fingerprint density at radius 3 is 2.63 bits per heavy atom. The average Bonchev–Trinajstić information content (AvgIpc) is 2.64. The number of rotatable bonds is 4. The van der Waals surface area contributed by atoms with E-state index in [-0.39, 0.29) is 5.54 Å². The lowest BCUT2D eigenvalue weighted by atomic mass is 10.0. The molecular formula is C14H22N4O. The van der Waals surface area contributed by atoms with Crippen molar-refractivity contribution in [3.8, 4) is 5.75 Å². The smallest absolute Gasteiger partial charge is 0.201 e. The van der Waals surface area contributed by atoms with E-state index in [2.05, 4.69) is 42.4 Å². The minimum Gasteiger partial charge on any atom is -0.497 e. The maximum Gasteiger partial charge on any atom is 0.201 e. The van der Waals surface area contributed by atoms with Crippen LogP contribution in [0.25, 0.3) is 11.0 Å². The summed E-state index contributed by atoms with van der Waals surface area (Å²) in [7, 11) is 5.79. The quantitative estimate of drug-likeness (QED) is 0.915. The summed E-state index contributed by atoms with van der Waals surface area (Å²) < 4.78 is 7.26. The average molecular weight is 262 g/mol. The molecule has 0 amide bonds. The summed E-state index contributed by atoms with van der Waals surface area (Å²) in [6.45, 7) is 5.15. The van der Waals surface area contributed by atoms with Gasteiger partial charge in [0.25, 0.3) is 0 Å². The Labute approximate surface area is 114 Å². The molecule has 5 heteroatoms. The molecule has 0 bridgehead atoms. The first-order valence-electron chi connectivity index (χ1n) is 6.32. The summed E-state index contributed by atoms with van der Waals surface area (Å²) in [5, 5.41) is 0. The van der Waals surface area contributed by atoms with Crippen molar-refractivity contribution in [3.05, 3.63) is 18.2 Å². The van der Waals surface area contributed by atoms with Crippen LogP contribution in [0.2, 0.25) is 0 Å². The minimum atomic E-state index is 0.00166. The highest BCUT2D eigenvalue weighted by molar-refractivity contribution is 5.79. The van der Waals surface area contributed by atoms with Crippen LogP contribution in [0.4, 0.5) is 5.95 Å². The fourth-order valence-corrected chi connectivity index (χ4v) is 1.95. The number of likely N-dealkylation sites (N-methyl/N-ethyl adjacent to an activating group) is 1. The molecule has 19 heavy (non-hydrogen) atoms. The van der Waals surface area contributed by atoms with Gasteiger partial charge in [-0.2, -0.15) is 0 Å². The molecular weight excluding hydrogens is 240 g/mol. The zero-order chi connectivity index (χ0) is 14.2. The van der Waals surface area contributed by atoms with E-state index in [0.717, 1.165) is 23.3 Å². The van der Waals surface area contributed by atoms with Gasteiger partial charge in [-0.05, 0) is 40.1 Å². The van der Waals surface area contributed by atoms with Crippen LogP contribution < -0.4 is 10.5 Å². The molecule has 0 aliphatic carbocycles. The summed E-state index contributed by atoms with van der Waals surface area (Å²) in [6.07, 6.45) is 0. The summed E-state index contributed by atoms with van der Waals surface area (Å²) in [5.74, 6) is 1.34. The van der Waals surface area contributed by atoms with Gasteiger partial charge in [0.15, 0.2) is 0 Å². The van der Waals surface area contributed by atoms with Gasteiger partial charge in [0.1, 0.15) is 5.75 Å². The lowest BCUT2D eigenvalue weighted by Gasteiger charge is -2.33. The van der Waals surface area contributed by atoms with Crippen LogP contribution in [-0.2, 0) is 6.54 Å². The number of nitrogen functional groups attached to an aromatic ring is 1. The third-order valence-electron chi connectivity index (χ3n) is 3.74. The molecule has 2 rings (SSSR count). The van der Waals surface area contributed by atoms with E-state index < -0.39 is 0 Å². The number of nitrogens with zero attached hydrogens (tertiary/aromatic N) is 3. The highest BCUT2D eigenvalue weighted by atomic mass is 16.5. The Hall–Kier alpha value is -1.75. The molecule has 104 valence electrons. The van der Waals surface area contributed by atoms with E-state index in [4.69, 9.17) is 10.5 Å². The second-order valence-corrected chi connectivity index (χ2v) is 5.62. The molecule has 0 spiro atoms. The van der Waals surface area contributed by atoms with Crippen molar-refractivity contribution < 1.29 is 4.74 Å². The number of methoxy groups -OCH3 is 1. The van der Waals surface area contributed by atoms with Crippen LogP contribution >= 0.6 is 0 Å². The van der Waals surface area contributed by atoms with Crippen molar-refractivity contribution in [3.63, 3.8) is 0 Å². The molecule has 0 saturated heterocycles. The fourth-order valence-electron chi connectivity index (χ4n) is 1.95. The summed E-state index contributed by atoms with van der Waals surface area (Å²) in [4.78, 5) is 6.59. The first-order valence-corrected chi connectivity index (χ1v) is 6.32. The number of aromatic nitrogens is 2. The van der Waals surface area contributed by atoms with Gasteiger partial charge in [-0.1, -0.05) is 0 Å². The molecule has 0 aliphatic rings. The predicted molar refractivity (Wildman–Crippen MR) is 78.5 cm³/mol. The van der Waals surface area contributed by atoms with Crippen LogP contribution in [0, 0.1) is 0 Å². The number of nitrogens with two attached hydrogens (primary N) is 1. The largest absolute Gasteiger partial charge is 0.497 e. The third-order valence-corrected chi connectivity index (χ3v) is 3.74. The van der Waals surface area contributed by atoms with E-state index in [1.54, 1.807) is 7.11 Å². The monoisotopic (exact) mass is 262 g/mol. The number of hydrogen-bond donors (Lipinski definition) is 1. The highest BCUT2D eigenvalue weighted by Gasteiger charge is 2.23. The first-order chi connectivity index (χ1) is 8.85. The fraction of sp³-hybridized carbons (Fsp3) is 0.500. The van der Waals surface area contributed by atoms with Crippen molar-refractivity contribution >= 4 is 17.0 Å². The standard InChI is InChI=1S/C14H22N4O/c1-14(2,17(3)4)9-18-12-7-6-10(19-5)8-11(12)16-13(18)15/h6-8H,9H2,1-5H3,(H2,15,16). The topological polar surface area (TPSA) is 56.3 Å². The third kappa shape index (κ3) is 2.51.